The molecule has 0 aliphatic rings. The maximum atomic E-state index is 11.5. The van der Waals surface area contributed by atoms with Crippen LogP contribution >= 0.6 is 36.2 Å². The number of amides is 1. The number of carbonyl (C=O) groups excluding carboxylic acids is 1. The zero-order valence-corrected chi connectivity index (χ0v) is 13.1. The molecule has 0 radical (unpaired) electrons. The zero-order chi connectivity index (χ0) is 11.8. The summed E-state index contributed by atoms with van der Waals surface area (Å²) in [6.07, 6.45) is 1.33. The van der Waals surface area contributed by atoms with Gasteiger partial charge < -0.3 is 10.6 Å². The molecular weight excluding hydrogens is 293 g/mol. The van der Waals surface area contributed by atoms with E-state index in [1.165, 1.54) is 0 Å². The van der Waals surface area contributed by atoms with Crippen molar-refractivity contribution in [1.82, 2.24) is 15.6 Å². The molecule has 1 amide bonds. The first-order valence-electron chi connectivity index (χ1n) is 5.67. The predicted octanol–water partition coefficient (Wildman–Crippen LogP) is 1.82. The number of thiazole rings is 1. The first kappa shape index (κ1) is 20.0. The van der Waals surface area contributed by atoms with E-state index < -0.39 is 0 Å². The van der Waals surface area contributed by atoms with Crippen LogP contribution in [0.25, 0.3) is 0 Å². The van der Waals surface area contributed by atoms with Crippen molar-refractivity contribution in [2.24, 2.45) is 0 Å². The molecule has 0 unspecified atom stereocenters. The monoisotopic (exact) mass is 313 g/mol. The molecule has 106 valence electrons. The first-order chi connectivity index (χ1) is 7.76. The number of rotatable bonds is 7. The molecule has 0 aliphatic heterocycles. The minimum Gasteiger partial charge on any atom is -0.354 e. The third-order valence-electron chi connectivity index (χ3n) is 2.12. The Kier molecular flexibility index (Phi) is 13.0. The molecule has 18 heavy (non-hydrogen) atoms. The molecule has 1 aromatic rings. The summed E-state index contributed by atoms with van der Waals surface area (Å²) in [5.41, 5.74) is 0.878. The van der Waals surface area contributed by atoms with Crippen LogP contribution in [0, 0.1) is 0 Å². The van der Waals surface area contributed by atoms with Crippen LogP contribution < -0.4 is 10.6 Å². The van der Waals surface area contributed by atoms with Crippen LogP contribution in [0.3, 0.4) is 0 Å². The van der Waals surface area contributed by atoms with Crippen molar-refractivity contribution in [1.29, 1.82) is 0 Å². The van der Waals surface area contributed by atoms with Crippen molar-refractivity contribution in [2.75, 3.05) is 19.6 Å². The molecule has 2 N–H and O–H groups in total. The van der Waals surface area contributed by atoms with Gasteiger partial charge in [-0.1, -0.05) is 13.8 Å². The molecule has 1 rings (SSSR count). The Labute approximate surface area is 125 Å². The summed E-state index contributed by atoms with van der Waals surface area (Å²) in [5, 5.41) is 9.06. The molecule has 0 aromatic carbocycles. The molecule has 4 nitrogen and oxygen atoms in total. The summed E-state index contributed by atoms with van der Waals surface area (Å²) >= 11 is 1.62. The molecule has 0 atom stereocenters. The quantitative estimate of drug-likeness (QED) is 0.755. The second kappa shape index (κ2) is 11.7. The number of nitrogens with one attached hydrogen (secondary N) is 2. The Morgan fingerprint density at radius 2 is 2.06 bits per heavy atom. The van der Waals surface area contributed by atoms with E-state index in [9.17, 15) is 4.79 Å². The highest BCUT2D eigenvalue weighted by Crippen LogP contribution is 2.10. The standard InChI is InChI=1S/C11H19N3OS.2ClH/c1-3-11-14-9(8-16-11)7-10(15)13-6-5-12-4-2;;/h8,12H,3-7H2,1-2H3,(H,13,15);2*1H. The van der Waals surface area contributed by atoms with E-state index >= 15 is 0 Å². The number of hydrogen-bond donors (Lipinski definition) is 2. The van der Waals surface area contributed by atoms with Crippen LogP contribution in [-0.2, 0) is 17.6 Å². The van der Waals surface area contributed by atoms with Gasteiger partial charge >= 0.3 is 0 Å². The van der Waals surface area contributed by atoms with Crippen LogP contribution in [0.2, 0.25) is 0 Å². The van der Waals surface area contributed by atoms with E-state index in [4.69, 9.17) is 0 Å². The maximum Gasteiger partial charge on any atom is 0.226 e. The molecule has 0 spiro atoms. The number of aromatic nitrogens is 1. The summed E-state index contributed by atoms with van der Waals surface area (Å²) in [7, 11) is 0. The lowest BCUT2D eigenvalue weighted by Crippen LogP contribution is -2.32. The van der Waals surface area contributed by atoms with Crippen molar-refractivity contribution >= 4 is 42.1 Å². The molecule has 0 bridgehead atoms. The average molecular weight is 314 g/mol. The van der Waals surface area contributed by atoms with Crippen LogP contribution in [0.15, 0.2) is 5.38 Å². The molecule has 7 heteroatoms. The minimum atomic E-state index is 0. The first-order valence-corrected chi connectivity index (χ1v) is 6.55. The largest absolute Gasteiger partial charge is 0.354 e. The second-order valence-electron chi connectivity index (χ2n) is 3.47. The lowest BCUT2D eigenvalue weighted by atomic mass is 10.3. The van der Waals surface area contributed by atoms with Gasteiger partial charge in [0.25, 0.3) is 0 Å². The summed E-state index contributed by atoms with van der Waals surface area (Å²) in [5.74, 6) is 0.0471. The SMILES string of the molecule is CCNCCNC(=O)Cc1csc(CC)n1.Cl.Cl. The van der Waals surface area contributed by atoms with Crippen LogP contribution in [0.4, 0.5) is 0 Å². The van der Waals surface area contributed by atoms with Crippen molar-refractivity contribution < 1.29 is 4.79 Å². The summed E-state index contributed by atoms with van der Waals surface area (Å²) in [6.45, 7) is 6.54. The van der Waals surface area contributed by atoms with Gasteiger partial charge in [0.15, 0.2) is 0 Å². The molecular formula is C11H21Cl2N3OS. The molecule has 0 saturated heterocycles. The van der Waals surface area contributed by atoms with Crippen LogP contribution in [0.5, 0.6) is 0 Å². The van der Waals surface area contributed by atoms with E-state index in [2.05, 4.69) is 22.5 Å². The number of likely N-dealkylation sites (N-methyl/N-ethyl adjacent to an activating group) is 1. The zero-order valence-electron chi connectivity index (χ0n) is 10.7. The van der Waals surface area contributed by atoms with E-state index in [-0.39, 0.29) is 30.7 Å². The average Bonchev–Trinajstić information content (AvgIpc) is 2.72. The highest BCUT2D eigenvalue weighted by molar-refractivity contribution is 7.09. The fourth-order valence-electron chi connectivity index (χ4n) is 1.29. The number of aryl methyl sites for hydroxylation is 1. The Bertz CT molecular complexity index is 334. The number of halogens is 2. The van der Waals surface area contributed by atoms with E-state index in [1.807, 2.05) is 12.3 Å². The van der Waals surface area contributed by atoms with E-state index in [0.29, 0.717) is 13.0 Å². The predicted molar refractivity (Wildman–Crippen MR) is 81.2 cm³/mol. The Morgan fingerprint density at radius 1 is 1.33 bits per heavy atom. The van der Waals surface area contributed by atoms with Crippen LogP contribution in [-0.4, -0.2) is 30.5 Å². The summed E-state index contributed by atoms with van der Waals surface area (Å²) < 4.78 is 0. The Hall–Kier alpha value is -0.360. The summed E-state index contributed by atoms with van der Waals surface area (Å²) in [4.78, 5) is 15.9. The smallest absolute Gasteiger partial charge is 0.226 e. The van der Waals surface area contributed by atoms with Gasteiger partial charge in [0.05, 0.1) is 17.1 Å². The third kappa shape index (κ3) is 7.87. The Morgan fingerprint density at radius 3 is 2.61 bits per heavy atom. The lowest BCUT2D eigenvalue weighted by Gasteiger charge is -2.03. The normalized spacial score (nSPS) is 9.22. The van der Waals surface area contributed by atoms with Gasteiger partial charge in [-0.25, -0.2) is 4.98 Å². The summed E-state index contributed by atoms with van der Waals surface area (Å²) in [6, 6.07) is 0. The molecule has 1 aromatic heterocycles. The highest BCUT2D eigenvalue weighted by atomic mass is 35.5. The number of carbonyl (C=O) groups is 1. The molecule has 0 aliphatic carbocycles. The number of hydrogen-bond acceptors (Lipinski definition) is 4. The Balaban J connectivity index is 0. The highest BCUT2D eigenvalue weighted by Gasteiger charge is 2.06. The van der Waals surface area contributed by atoms with Gasteiger partial charge in [-0.3, -0.25) is 4.79 Å². The van der Waals surface area contributed by atoms with Gasteiger partial charge in [-0.2, -0.15) is 0 Å². The van der Waals surface area contributed by atoms with Crippen molar-refractivity contribution in [2.45, 2.75) is 26.7 Å². The van der Waals surface area contributed by atoms with Gasteiger partial charge in [-0.05, 0) is 13.0 Å². The molecule has 1 heterocycles. The van der Waals surface area contributed by atoms with Crippen molar-refractivity contribution in [3.63, 3.8) is 0 Å². The van der Waals surface area contributed by atoms with E-state index in [1.54, 1.807) is 11.3 Å². The van der Waals surface area contributed by atoms with Gasteiger partial charge in [0.2, 0.25) is 5.91 Å². The number of nitrogens with zero attached hydrogens (tertiary/aromatic N) is 1. The fraction of sp³-hybridized carbons (Fsp3) is 0.636. The van der Waals surface area contributed by atoms with Gasteiger partial charge in [0, 0.05) is 18.5 Å². The molecule has 0 saturated carbocycles. The van der Waals surface area contributed by atoms with E-state index in [0.717, 1.165) is 30.2 Å². The van der Waals surface area contributed by atoms with Gasteiger partial charge in [0.1, 0.15) is 0 Å². The topological polar surface area (TPSA) is 54.0 Å². The molecule has 0 fully saturated rings. The van der Waals surface area contributed by atoms with Crippen molar-refractivity contribution in [3.8, 4) is 0 Å². The fourth-order valence-corrected chi connectivity index (χ4v) is 2.03. The third-order valence-corrected chi connectivity index (χ3v) is 3.16. The maximum absolute atomic E-state index is 11.5. The van der Waals surface area contributed by atoms with Crippen LogP contribution in [0.1, 0.15) is 24.5 Å². The van der Waals surface area contributed by atoms with Gasteiger partial charge in [-0.15, -0.1) is 36.2 Å². The van der Waals surface area contributed by atoms with Crippen molar-refractivity contribution in [3.05, 3.63) is 16.1 Å². The lowest BCUT2D eigenvalue weighted by molar-refractivity contribution is -0.120. The minimum absolute atomic E-state index is 0. The second-order valence-corrected chi connectivity index (χ2v) is 4.41.